The number of carbonyl (C=O) groups is 3. The number of thiocarbonyl (C=S) groups is 1. The van der Waals surface area contributed by atoms with Gasteiger partial charge in [-0.1, -0.05) is 50.2 Å². The van der Waals surface area contributed by atoms with E-state index in [2.05, 4.69) is 20.3 Å². The monoisotopic (exact) mass is 1030 g/mol. The first-order chi connectivity index (χ1) is 34.8. The van der Waals surface area contributed by atoms with Crippen molar-refractivity contribution in [3.8, 4) is 33.4 Å². The first kappa shape index (κ1) is 50.7. The highest BCUT2D eigenvalue weighted by atomic mass is 32.1. The fraction of sp³-hybridized carbons (Fsp3) is 0.358. The first-order valence-corrected chi connectivity index (χ1v) is 25.2. The second-order valence-corrected chi connectivity index (χ2v) is 20.6. The largest absolute Gasteiger partial charge is 0.487 e. The molecule has 3 amide bonds. The number of pyridine rings is 1. The van der Waals surface area contributed by atoms with E-state index in [9.17, 15) is 37.9 Å². The lowest BCUT2D eigenvalue weighted by molar-refractivity contribution is -0.142. The minimum atomic E-state index is -4.80. The summed E-state index contributed by atoms with van der Waals surface area (Å²) < 4.78 is 49.4. The van der Waals surface area contributed by atoms with Gasteiger partial charge in [-0.25, -0.2) is 9.97 Å². The summed E-state index contributed by atoms with van der Waals surface area (Å²) in [6.45, 7) is 10.8. The molecular formula is C53H53F3N10O5S2. The average Bonchev–Trinajstić information content (AvgIpc) is 4.16. The number of β-amino-alcohol motifs (C(OH)–C–C–N with tert-alkyl or cyclic N) is 1. The van der Waals surface area contributed by atoms with Crippen molar-refractivity contribution in [1.29, 1.82) is 5.26 Å². The van der Waals surface area contributed by atoms with Crippen molar-refractivity contribution < 1.29 is 37.4 Å². The van der Waals surface area contributed by atoms with Crippen LogP contribution in [0.5, 0.6) is 5.75 Å². The molecule has 378 valence electrons. The summed E-state index contributed by atoms with van der Waals surface area (Å²) >= 11 is 7.28. The lowest BCUT2D eigenvalue weighted by Crippen LogP contribution is -2.49. The molecule has 0 bridgehead atoms. The van der Waals surface area contributed by atoms with Crippen LogP contribution in [0.25, 0.3) is 21.6 Å². The van der Waals surface area contributed by atoms with Crippen LogP contribution in [0.2, 0.25) is 0 Å². The van der Waals surface area contributed by atoms with Crippen LogP contribution in [-0.2, 0) is 27.1 Å². The number of nitrogens with one attached hydrogen (secondary N) is 1. The number of rotatable bonds is 13. The number of benzene rings is 3. The van der Waals surface area contributed by atoms with Crippen LogP contribution in [-0.4, -0.2) is 96.0 Å². The lowest BCUT2D eigenvalue weighted by atomic mass is 10.0. The molecule has 3 aliphatic heterocycles. The summed E-state index contributed by atoms with van der Waals surface area (Å²) in [5.74, 6) is 0.0155. The maximum atomic E-state index is 14.2. The van der Waals surface area contributed by atoms with Crippen molar-refractivity contribution in [1.82, 2.24) is 30.0 Å². The van der Waals surface area contributed by atoms with Gasteiger partial charge < -0.3 is 29.9 Å². The van der Waals surface area contributed by atoms with Gasteiger partial charge in [-0.3, -0.25) is 24.0 Å². The third kappa shape index (κ3) is 10.3. The Kier molecular flexibility index (Phi) is 14.1. The molecule has 0 radical (unpaired) electrons. The summed E-state index contributed by atoms with van der Waals surface area (Å²) in [6, 6.07) is 22.3. The Bertz CT molecular complexity index is 3070. The number of thiazole rings is 1. The van der Waals surface area contributed by atoms with Crippen LogP contribution < -0.4 is 24.8 Å². The minimum Gasteiger partial charge on any atom is -0.487 e. The molecule has 20 heteroatoms. The van der Waals surface area contributed by atoms with E-state index in [1.54, 1.807) is 71.6 Å². The number of halogens is 3. The third-order valence-corrected chi connectivity index (χ3v) is 15.0. The molecule has 3 aliphatic rings. The smallest absolute Gasteiger partial charge is 0.417 e. The number of aliphatic hydroxyl groups is 1. The Morgan fingerprint density at radius 3 is 2.29 bits per heavy atom. The topological polar surface area (TPSA) is 173 Å². The van der Waals surface area contributed by atoms with Gasteiger partial charge in [-0.2, -0.15) is 23.5 Å². The van der Waals surface area contributed by atoms with E-state index in [0.717, 1.165) is 55.7 Å². The predicted octanol–water partition coefficient (Wildman–Crippen LogP) is 8.71. The van der Waals surface area contributed by atoms with E-state index in [1.165, 1.54) is 11.0 Å². The molecule has 9 rings (SSSR count). The number of piperidine rings is 1. The van der Waals surface area contributed by atoms with Crippen LogP contribution in [0.1, 0.15) is 75.4 Å². The normalized spacial score (nSPS) is 18.6. The van der Waals surface area contributed by atoms with E-state index in [4.69, 9.17) is 21.9 Å². The Balaban J connectivity index is 0.781. The quantitative estimate of drug-likeness (QED) is 0.106. The molecule has 3 aromatic carbocycles. The van der Waals surface area contributed by atoms with Crippen molar-refractivity contribution in [2.24, 2.45) is 5.92 Å². The van der Waals surface area contributed by atoms with E-state index < -0.39 is 46.9 Å². The predicted molar refractivity (Wildman–Crippen MR) is 275 cm³/mol. The molecule has 73 heavy (non-hydrogen) atoms. The Hall–Kier alpha value is -7.21. The maximum absolute atomic E-state index is 14.2. The number of amides is 3. The van der Waals surface area contributed by atoms with E-state index in [0.29, 0.717) is 37.4 Å². The van der Waals surface area contributed by atoms with E-state index >= 15 is 0 Å². The zero-order chi connectivity index (χ0) is 51.9. The number of alkyl halides is 3. The number of hydrogen-bond acceptors (Lipinski definition) is 12. The van der Waals surface area contributed by atoms with Gasteiger partial charge >= 0.3 is 6.18 Å². The van der Waals surface area contributed by atoms with Crippen molar-refractivity contribution >= 4 is 63.6 Å². The van der Waals surface area contributed by atoms with Gasteiger partial charge in [0.1, 0.15) is 29.5 Å². The molecule has 3 saturated heterocycles. The zero-order valence-electron chi connectivity index (χ0n) is 40.7. The second-order valence-electron chi connectivity index (χ2n) is 19.3. The van der Waals surface area contributed by atoms with Crippen LogP contribution in [0.4, 0.5) is 30.4 Å². The number of nitriles is 1. The SMILES string of the molecule is Cc1ncsc1-c1ccc(CNC(=O)[C@@H]2C[C@@H](O)CN2C(=O)[C@@H](C(C)C)n2cc(OC3CCN(c4ccc(-c5ccc(N6C(=S)N(c7ccc(C#N)c(C(F)(F)F)c7)C(=O)C6(C)C)cc5)cn4)CC3)cn2)cc1. The second kappa shape index (κ2) is 20.4. The van der Waals surface area contributed by atoms with Crippen LogP contribution >= 0.6 is 23.6 Å². The number of ether oxygens (including phenoxy) is 1. The number of aliphatic hydroxyl groups excluding tert-OH is 1. The molecule has 3 aromatic heterocycles. The highest BCUT2D eigenvalue weighted by molar-refractivity contribution is 7.81. The molecule has 0 aliphatic carbocycles. The molecule has 6 aromatic rings. The number of nitrogens with zero attached hydrogens (tertiary/aromatic N) is 9. The van der Waals surface area contributed by atoms with Gasteiger partial charge in [0, 0.05) is 62.9 Å². The summed E-state index contributed by atoms with van der Waals surface area (Å²) in [5.41, 5.74) is 4.02. The molecule has 0 saturated carbocycles. The van der Waals surface area contributed by atoms with Crippen LogP contribution in [0, 0.1) is 24.2 Å². The molecule has 2 N–H and O–H groups in total. The summed E-state index contributed by atoms with van der Waals surface area (Å²) in [4.78, 5) is 58.0. The first-order valence-electron chi connectivity index (χ1n) is 23.9. The molecule has 3 atom stereocenters. The third-order valence-electron chi connectivity index (χ3n) is 13.7. The fourth-order valence-electron chi connectivity index (χ4n) is 9.77. The van der Waals surface area contributed by atoms with Gasteiger partial charge in [0.25, 0.3) is 5.91 Å². The molecule has 15 nitrogen and oxygen atoms in total. The van der Waals surface area contributed by atoms with Crippen LogP contribution in [0.15, 0.2) is 103 Å². The fourth-order valence-corrected chi connectivity index (χ4v) is 11.1. The van der Waals surface area contributed by atoms with E-state index in [1.807, 2.05) is 74.8 Å². The zero-order valence-corrected chi connectivity index (χ0v) is 42.3. The standard InChI is InChI=1S/C53H53F3N10O5S2/c1-31(2)46(49(69)63-28-40(67)23-44(63)48(68)59-25-33-6-8-35(9-7-33)47-32(3)60-30-73-47)64-29-42(27-61-64)71-41-18-20-62(21-19-41)45-17-13-37(26-58-45)34-10-14-38(15-11-34)66-51(72)65(50(70)52(66,4)5)39-16-12-36(24-57)43(22-39)53(54,55)56/h6-17,22,26-27,29-31,40-41,44,46,67H,18-21,23,25,28H2,1-5H3,(H,59,68)/t40-,44+,46-/m1/s1. The number of hydrogen-bond donors (Lipinski definition) is 2. The van der Waals surface area contributed by atoms with Gasteiger partial charge in [0.15, 0.2) is 10.9 Å². The average molecular weight is 1030 g/mol. The molecule has 0 unspecified atom stereocenters. The lowest BCUT2D eigenvalue weighted by Gasteiger charge is -2.32. The van der Waals surface area contributed by atoms with E-state index in [-0.39, 0.29) is 54.1 Å². The number of likely N-dealkylation sites (tertiary alicyclic amines) is 1. The Morgan fingerprint density at radius 1 is 0.973 bits per heavy atom. The van der Waals surface area contributed by atoms with Gasteiger partial charge in [0.05, 0.1) is 57.5 Å². The summed E-state index contributed by atoms with van der Waals surface area (Å²) in [6.07, 6.45) is 0.937. The molecule has 3 fully saturated rings. The van der Waals surface area contributed by atoms with Gasteiger partial charge in [0.2, 0.25) is 11.8 Å². The number of carbonyl (C=O) groups excluding carboxylic acids is 3. The van der Waals surface area contributed by atoms with Crippen molar-refractivity contribution in [3.05, 3.63) is 125 Å². The van der Waals surface area contributed by atoms with Crippen molar-refractivity contribution in [2.45, 2.75) is 96.4 Å². The van der Waals surface area contributed by atoms with Gasteiger partial charge in [-0.15, -0.1) is 11.3 Å². The summed E-state index contributed by atoms with van der Waals surface area (Å²) in [7, 11) is 0. The summed E-state index contributed by atoms with van der Waals surface area (Å²) in [5, 5.41) is 27.5. The van der Waals surface area contributed by atoms with Crippen molar-refractivity contribution in [2.75, 3.05) is 34.3 Å². The number of anilines is 3. The molecule has 6 heterocycles. The highest BCUT2D eigenvalue weighted by Crippen LogP contribution is 2.40. The molecule has 0 spiro atoms. The van der Waals surface area contributed by atoms with Crippen molar-refractivity contribution in [3.63, 3.8) is 0 Å². The highest BCUT2D eigenvalue weighted by Gasteiger charge is 2.51. The number of aryl methyl sites for hydroxylation is 1. The number of aromatic nitrogens is 4. The van der Waals surface area contributed by atoms with Crippen LogP contribution in [0.3, 0.4) is 0 Å². The molecular weight excluding hydrogens is 978 g/mol. The Labute approximate surface area is 429 Å². The maximum Gasteiger partial charge on any atom is 0.417 e. The minimum absolute atomic E-state index is 0.0112. The Morgan fingerprint density at radius 2 is 1.66 bits per heavy atom. The van der Waals surface area contributed by atoms with Gasteiger partial charge in [-0.05, 0) is 98.1 Å².